The summed E-state index contributed by atoms with van der Waals surface area (Å²) in [6.07, 6.45) is 5.84. The molecular formula is C12H20N6. The maximum Gasteiger partial charge on any atom is 0.104 e. The fraction of sp³-hybridized carbons (Fsp3) is 0.583. The van der Waals surface area contributed by atoms with Crippen molar-refractivity contribution in [3.05, 3.63) is 29.8 Å². The predicted molar refractivity (Wildman–Crippen MR) is 68.9 cm³/mol. The fourth-order valence-electron chi connectivity index (χ4n) is 1.72. The van der Waals surface area contributed by atoms with E-state index in [1.807, 2.05) is 30.3 Å². The lowest BCUT2D eigenvalue weighted by atomic mass is 10.2. The van der Waals surface area contributed by atoms with Gasteiger partial charge in [-0.05, 0) is 12.5 Å². The smallest absolute Gasteiger partial charge is 0.104 e. The van der Waals surface area contributed by atoms with E-state index in [0.717, 1.165) is 18.8 Å². The van der Waals surface area contributed by atoms with Crippen LogP contribution in [-0.4, -0.2) is 31.3 Å². The van der Waals surface area contributed by atoms with Crippen LogP contribution in [0.5, 0.6) is 0 Å². The summed E-state index contributed by atoms with van der Waals surface area (Å²) in [6.45, 7) is 6.95. The Balaban J connectivity index is 1.86. The molecule has 0 bridgehead atoms. The van der Waals surface area contributed by atoms with Gasteiger partial charge in [0.15, 0.2) is 0 Å². The van der Waals surface area contributed by atoms with Crippen LogP contribution in [0.2, 0.25) is 0 Å². The van der Waals surface area contributed by atoms with E-state index in [1.165, 1.54) is 5.56 Å². The van der Waals surface area contributed by atoms with E-state index in [0.29, 0.717) is 12.5 Å². The highest BCUT2D eigenvalue weighted by molar-refractivity contribution is 5.05. The molecule has 6 heteroatoms. The third-order valence-electron chi connectivity index (χ3n) is 2.54. The molecule has 0 spiro atoms. The Kier molecular flexibility index (Phi) is 4.09. The predicted octanol–water partition coefficient (Wildman–Crippen LogP) is 0.805. The van der Waals surface area contributed by atoms with Gasteiger partial charge < -0.3 is 5.32 Å². The maximum absolute atomic E-state index is 4.32. The summed E-state index contributed by atoms with van der Waals surface area (Å²) in [5, 5.41) is 15.7. The van der Waals surface area contributed by atoms with Crippen LogP contribution in [0.25, 0.3) is 0 Å². The molecule has 1 N–H and O–H groups in total. The molecule has 0 fully saturated rings. The Hall–Kier alpha value is -1.69. The van der Waals surface area contributed by atoms with Gasteiger partial charge in [0.1, 0.15) is 5.69 Å². The van der Waals surface area contributed by atoms with E-state index in [9.17, 15) is 0 Å². The van der Waals surface area contributed by atoms with Gasteiger partial charge in [0.25, 0.3) is 0 Å². The van der Waals surface area contributed by atoms with Crippen molar-refractivity contribution < 1.29 is 0 Å². The number of nitrogens with zero attached hydrogens (tertiary/aromatic N) is 5. The van der Waals surface area contributed by atoms with E-state index in [-0.39, 0.29) is 0 Å². The number of nitrogens with one attached hydrogen (secondary N) is 1. The molecule has 2 rings (SSSR count). The third-order valence-corrected chi connectivity index (χ3v) is 2.54. The van der Waals surface area contributed by atoms with Gasteiger partial charge in [-0.15, -0.1) is 5.10 Å². The van der Waals surface area contributed by atoms with Crippen LogP contribution >= 0.6 is 0 Å². The van der Waals surface area contributed by atoms with Crippen molar-refractivity contribution in [2.45, 2.75) is 26.9 Å². The Bertz CT molecular complexity index is 484. The standard InChI is InChI=1S/C12H20N6/c1-10(2)4-13-5-11-6-14-18(7-11)9-12-8-17(3)16-15-12/h6-8,10,13H,4-5,9H2,1-3H3. The SMILES string of the molecule is CC(C)CNCc1cnn(Cc2cn(C)nn2)c1. The van der Waals surface area contributed by atoms with E-state index in [4.69, 9.17) is 0 Å². The number of rotatable bonds is 6. The molecule has 0 aliphatic carbocycles. The van der Waals surface area contributed by atoms with Gasteiger partial charge in [-0.3, -0.25) is 9.36 Å². The zero-order valence-corrected chi connectivity index (χ0v) is 11.2. The highest BCUT2D eigenvalue weighted by Crippen LogP contribution is 2.01. The molecule has 6 nitrogen and oxygen atoms in total. The second-order valence-corrected chi connectivity index (χ2v) is 4.95. The first kappa shape index (κ1) is 12.8. The van der Waals surface area contributed by atoms with Crippen molar-refractivity contribution in [3.63, 3.8) is 0 Å². The normalized spacial score (nSPS) is 11.3. The Morgan fingerprint density at radius 1 is 1.33 bits per heavy atom. The second kappa shape index (κ2) is 5.77. The molecule has 0 amide bonds. The molecule has 2 heterocycles. The van der Waals surface area contributed by atoms with Crippen molar-refractivity contribution in [2.24, 2.45) is 13.0 Å². The van der Waals surface area contributed by atoms with Crippen molar-refractivity contribution >= 4 is 0 Å². The first-order valence-corrected chi connectivity index (χ1v) is 6.20. The van der Waals surface area contributed by atoms with Gasteiger partial charge in [0.05, 0.1) is 12.7 Å². The Labute approximate surface area is 107 Å². The van der Waals surface area contributed by atoms with Crippen molar-refractivity contribution in [1.82, 2.24) is 30.1 Å². The van der Waals surface area contributed by atoms with Crippen LogP contribution in [0.3, 0.4) is 0 Å². The molecule has 0 unspecified atom stereocenters. The first-order valence-electron chi connectivity index (χ1n) is 6.20. The van der Waals surface area contributed by atoms with E-state index in [1.54, 1.807) is 4.68 Å². The molecule has 0 atom stereocenters. The lowest BCUT2D eigenvalue weighted by Crippen LogP contribution is -2.18. The highest BCUT2D eigenvalue weighted by atomic mass is 15.4. The van der Waals surface area contributed by atoms with E-state index >= 15 is 0 Å². The molecule has 98 valence electrons. The van der Waals surface area contributed by atoms with Crippen molar-refractivity contribution in [3.8, 4) is 0 Å². The van der Waals surface area contributed by atoms with Gasteiger partial charge in [-0.25, -0.2) is 0 Å². The first-order chi connectivity index (χ1) is 8.63. The fourth-order valence-corrected chi connectivity index (χ4v) is 1.72. The molecule has 2 aromatic heterocycles. The number of hydrogen-bond acceptors (Lipinski definition) is 4. The van der Waals surface area contributed by atoms with E-state index in [2.05, 4.69) is 34.6 Å². The molecule has 2 aromatic rings. The van der Waals surface area contributed by atoms with Crippen LogP contribution in [0.4, 0.5) is 0 Å². The lowest BCUT2D eigenvalue weighted by Gasteiger charge is -2.05. The zero-order valence-electron chi connectivity index (χ0n) is 11.2. The summed E-state index contributed by atoms with van der Waals surface area (Å²) in [5.41, 5.74) is 2.11. The van der Waals surface area contributed by atoms with Gasteiger partial charge in [0.2, 0.25) is 0 Å². The van der Waals surface area contributed by atoms with E-state index < -0.39 is 0 Å². The molecule has 18 heavy (non-hydrogen) atoms. The maximum atomic E-state index is 4.32. The quantitative estimate of drug-likeness (QED) is 0.821. The van der Waals surface area contributed by atoms with Crippen LogP contribution in [-0.2, 0) is 20.1 Å². The van der Waals surface area contributed by atoms with Crippen LogP contribution in [0, 0.1) is 5.92 Å². The Morgan fingerprint density at radius 3 is 2.83 bits per heavy atom. The Morgan fingerprint density at radius 2 is 2.17 bits per heavy atom. The average molecular weight is 248 g/mol. The summed E-state index contributed by atoms with van der Waals surface area (Å²) in [7, 11) is 1.86. The largest absolute Gasteiger partial charge is 0.312 e. The molecule has 0 aliphatic heterocycles. The van der Waals surface area contributed by atoms with Gasteiger partial charge in [0, 0.05) is 31.5 Å². The average Bonchev–Trinajstić information content (AvgIpc) is 2.89. The van der Waals surface area contributed by atoms with Gasteiger partial charge >= 0.3 is 0 Å². The summed E-state index contributed by atoms with van der Waals surface area (Å²) >= 11 is 0. The van der Waals surface area contributed by atoms with Gasteiger partial charge in [-0.2, -0.15) is 5.10 Å². The monoisotopic (exact) mass is 248 g/mol. The second-order valence-electron chi connectivity index (χ2n) is 4.95. The topological polar surface area (TPSA) is 60.6 Å². The highest BCUT2D eigenvalue weighted by Gasteiger charge is 2.03. The molecule has 0 aromatic carbocycles. The minimum Gasteiger partial charge on any atom is -0.312 e. The third kappa shape index (κ3) is 3.66. The molecule has 0 aliphatic rings. The molecule has 0 saturated heterocycles. The van der Waals surface area contributed by atoms with Crippen LogP contribution < -0.4 is 5.32 Å². The summed E-state index contributed by atoms with van der Waals surface area (Å²) in [5.74, 6) is 0.666. The van der Waals surface area contributed by atoms with Crippen molar-refractivity contribution in [1.29, 1.82) is 0 Å². The molecule has 0 saturated carbocycles. The molecular weight excluding hydrogens is 228 g/mol. The number of aromatic nitrogens is 5. The summed E-state index contributed by atoms with van der Waals surface area (Å²) < 4.78 is 3.58. The number of aryl methyl sites for hydroxylation is 1. The van der Waals surface area contributed by atoms with Crippen molar-refractivity contribution in [2.75, 3.05) is 6.54 Å². The van der Waals surface area contributed by atoms with Gasteiger partial charge in [-0.1, -0.05) is 19.1 Å². The molecule has 0 radical (unpaired) electrons. The zero-order chi connectivity index (χ0) is 13.0. The van der Waals surface area contributed by atoms with Crippen LogP contribution in [0.15, 0.2) is 18.6 Å². The minimum atomic E-state index is 0.665. The summed E-state index contributed by atoms with van der Waals surface area (Å²) in [6, 6.07) is 0. The number of hydrogen-bond donors (Lipinski definition) is 1. The summed E-state index contributed by atoms with van der Waals surface area (Å²) in [4.78, 5) is 0. The lowest BCUT2D eigenvalue weighted by molar-refractivity contribution is 0.552. The minimum absolute atomic E-state index is 0.665. The van der Waals surface area contributed by atoms with Crippen LogP contribution in [0.1, 0.15) is 25.1 Å².